The van der Waals surface area contributed by atoms with Gasteiger partial charge in [-0.25, -0.2) is 0 Å². The summed E-state index contributed by atoms with van der Waals surface area (Å²) in [6.07, 6.45) is 5.64. The number of benzene rings is 1. The predicted molar refractivity (Wildman–Crippen MR) is 62.7 cm³/mol. The Hall–Kier alpha value is -1.02. The summed E-state index contributed by atoms with van der Waals surface area (Å²) in [7, 11) is 0. The van der Waals surface area contributed by atoms with Gasteiger partial charge in [0.05, 0.1) is 6.61 Å². The molecule has 0 aromatic heterocycles. The van der Waals surface area contributed by atoms with Gasteiger partial charge in [0.2, 0.25) is 0 Å². The van der Waals surface area contributed by atoms with E-state index >= 15 is 0 Å². The Morgan fingerprint density at radius 1 is 1.31 bits per heavy atom. The van der Waals surface area contributed by atoms with Crippen molar-refractivity contribution < 1.29 is 9.84 Å². The van der Waals surface area contributed by atoms with Crippen LogP contribution in [0, 0.1) is 5.41 Å². The molecule has 86 valence electrons. The number of aliphatic hydroxyl groups is 1. The van der Waals surface area contributed by atoms with E-state index in [0.29, 0.717) is 6.61 Å². The van der Waals surface area contributed by atoms with Gasteiger partial charge >= 0.3 is 0 Å². The molecule has 1 aromatic carbocycles. The van der Waals surface area contributed by atoms with Crippen LogP contribution in [0.2, 0.25) is 0 Å². The first-order valence-corrected chi connectivity index (χ1v) is 6.17. The van der Waals surface area contributed by atoms with E-state index in [2.05, 4.69) is 18.2 Å². The van der Waals surface area contributed by atoms with Gasteiger partial charge in [0, 0.05) is 6.61 Å². The first-order valence-electron chi connectivity index (χ1n) is 6.17. The number of ether oxygens (including phenoxy) is 1. The van der Waals surface area contributed by atoms with Crippen molar-refractivity contribution in [2.24, 2.45) is 5.41 Å². The maximum absolute atomic E-state index is 9.33. The van der Waals surface area contributed by atoms with Crippen LogP contribution in [-0.4, -0.2) is 18.3 Å². The molecule has 0 unspecified atom stereocenters. The van der Waals surface area contributed by atoms with Gasteiger partial charge in [0.25, 0.3) is 0 Å². The molecule has 16 heavy (non-hydrogen) atoms. The van der Waals surface area contributed by atoms with E-state index in [0.717, 1.165) is 31.6 Å². The Kier molecular flexibility index (Phi) is 2.40. The molecule has 1 aliphatic carbocycles. The van der Waals surface area contributed by atoms with E-state index in [1.165, 1.54) is 24.0 Å². The Morgan fingerprint density at radius 3 is 2.94 bits per heavy atom. The van der Waals surface area contributed by atoms with E-state index in [9.17, 15) is 5.11 Å². The molecule has 2 aliphatic rings. The SMILES string of the molecule is OCC1(Cc2ccc3c(c2)CCCO3)CC1. The molecule has 1 aromatic rings. The van der Waals surface area contributed by atoms with Crippen molar-refractivity contribution in [2.45, 2.75) is 32.1 Å². The van der Waals surface area contributed by atoms with Crippen LogP contribution in [0.3, 0.4) is 0 Å². The van der Waals surface area contributed by atoms with Crippen molar-refractivity contribution in [3.05, 3.63) is 29.3 Å². The van der Waals surface area contributed by atoms with Gasteiger partial charge in [-0.1, -0.05) is 12.1 Å². The molecule has 2 nitrogen and oxygen atoms in total. The van der Waals surface area contributed by atoms with Gasteiger partial charge in [-0.15, -0.1) is 0 Å². The van der Waals surface area contributed by atoms with E-state index in [4.69, 9.17) is 4.74 Å². The fourth-order valence-corrected chi connectivity index (χ4v) is 2.52. The lowest BCUT2D eigenvalue weighted by Crippen LogP contribution is -2.12. The van der Waals surface area contributed by atoms with Crippen LogP contribution in [0.25, 0.3) is 0 Å². The Bertz CT molecular complexity index is 394. The highest BCUT2D eigenvalue weighted by Crippen LogP contribution is 2.48. The summed E-state index contributed by atoms with van der Waals surface area (Å²) >= 11 is 0. The van der Waals surface area contributed by atoms with Crippen LogP contribution in [0.4, 0.5) is 0 Å². The minimum Gasteiger partial charge on any atom is -0.493 e. The van der Waals surface area contributed by atoms with Crippen molar-refractivity contribution >= 4 is 0 Å². The molecule has 0 saturated heterocycles. The molecule has 0 atom stereocenters. The third-order valence-corrected chi connectivity index (χ3v) is 3.84. The van der Waals surface area contributed by atoms with Gasteiger partial charge in [0.15, 0.2) is 0 Å². The molecule has 2 heteroatoms. The summed E-state index contributed by atoms with van der Waals surface area (Å²) in [5, 5.41) is 9.33. The summed E-state index contributed by atoms with van der Waals surface area (Å²) in [5.74, 6) is 1.06. The van der Waals surface area contributed by atoms with Gasteiger partial charge in [-0.3, -0.25) is 0 Å². The summed E-state index contributed by atoms with van der Waals surface area (Å²) in [4.78, 5) is 0. The Morgan fingerprint density at radius 2 is 2.19 bits per heavy atom. The molecular formula is C14H18O2. The van der Waals surface area contributed by atoms with Crippen molar-refractivity contribution in [3.63, 3.8) is 0 Å². The van der Waals surface area contributed by atoms with Crippen LogP contribution >= 0.6 is 0 Å². The van der Waals surface area contributed by atoms with Crippen LogP contribution < -0.4 is 4.74 Å². The van der Waals surface area contributed by atoms with Gasteiger partial charge in [-0.2, -0.15) is 0 Å². The number of rotatable bonds is 3. The van der Waals surface area contributed by atoms with Crippen LogP contribution in [0.5, 0.6) is 5.75 Å². The average Bonchev–Trinajstić information content (AvgIpc) is 3.09. The van der Waals surface area contributed by atoms with E-state index in [1.54, 1.807) is 0 Å². The molecule has 0 spiro atoms. The molecule has 1 saturated carbocycles. The first kappa shape index (κ1) is 10.2. The summed E-state index contributed by atoms with van der Waals surface area (Å²) in [6.45, 7) is 1.19. The maximum Gasteiger partial charge on any atom is 0.122 e. The second kappa shape index (κ2) is 3.77. The van der Waals surface area contributed by atoms with Crippen LogP contribution in [0.1, 0.15) is 30.4 Å². The number of aryl methyl sites for hydroxylation is 1. The molecule has 1 aliphatic heterocycles. The smallest absolute Gasteiger partial charge is 0.122 e. The predicted octanol–water partition coefficient (Wildman–Crippen LogP) is 2.33. The second-order valence-electron chi connectivity index (χ2n) is 5.23. The van der Waals surface area contributed by atoms with Crippen molar-refractivity contribution in [3.8, 4) is 5.75 Å². The number of aliphatic hydroxyl groups excluding tert-OH is 1. The largest absolute Gasteiger partial charge is 0.493 e. The van der Waals surface area contributed by atoms with Crippen molar-refractivity contribution in [1.82, 2.24) is 0 Å². The van der Waals surface area contributed by atoms with Crippen LogP contribution in [-0.2, 0) is 12.8 Å². The minimum absolute atomic E-state index is 0.212. The standard InChI is InChI=1S/C14H18O2/c15-10-14(5-6-14)9-11-3-4-13-12(8-11)2-1-7-16-13/h3-4,8,15H,1-2,5-7,9-10H2. The lowest BCUT2D eigenvalue weighted by molar-refractivity contribution is 0.211. The monoisotopic (exact) mass is 218 g/mol. The van der Waals surface area contributed by atoms with E-state index in [1.807, 2.05) is 0 Å². The third kappa shape index (κ3) is 1.82. The maximum atomic E-state index is 9.33. The molecule has 1 fully saturated rings. The molecule has 1 N–H and O–H groups in total. The molecule has 0 radical (unpaired) electrons. The Labute approximate surface area is 96.2 Å². The summed E-state index contributed by atoms with van der Waals surface area (Å²) in [5.41, 5.74) is 2.91. The minimum atomic E-state index is 0.212. The van der Waals surface area contributed by atoms with E-state index in [-0.39, 0.29) is 5.41 Å². The zero-order valence-electron chi connectivity index (χ0n) is 9.54. The number of hydrogen-bond acceptors (Lipinski definition) is 2. The first-order chi connectivity index (χ1) is 7.81. The third-order valence-electron chi connectivity index (χ3n) is 3.84. The second-order valence-corrected chi connectivity index (χ2v) is 5.23. The van der Waals surface area contributed by atoms with E-state index < -0.39 is 0 Å². The lowest BCUT2D eigenvalue weighted by Gasteiger charge is -2.19. The van der Waals surface area contributed by atoms with Crippen molar-refractivity contribution in [1.29, 1.82) is 0 Å². The zero-order chi connectivity index (χ0) is 11.0. The molecule has 0 amide bonds. The highest BCUT2D eigenvalue weighted by atomic mass is 16.5. The molecule has 0 bridgehead atoms. The lowest BCUT2D eigenvalue weighted by atomic mass is 9.94. The highest BCUT2D eigenvalue weighted by molar-refractivity contribution is 5.39. The number of hydrogen-bond donors (Lipinski definition) is 1. The summed E-state index contributed by atoms with van der Waals surface area (Å²) < 4.78 is 5.60. The fraction of sp³-hybridized carbons (Fsp3) is 0.571. The molecule has 1 heterocycles. The van der Waals surface area contributed by atoms with Gasteiger partial charge in [0.1, 0.15) is 5.75 Å². The van der Waals surface area contributed by atoms with Crippen LogP contribution in [0.15, 0.2) is 18.2 Å². The average molecular weight is 218 g/mol. The fourth-order valence-electron chi connectivity index (χ4n) is 2.52. The quantitative estimate of drug-likeness (QED) is 0.843. The molecular weight excluding hydrogens is 200 g/mol. The normalized spacial score (nSPS) is 21.1. The van der Waals surface area contributed by atoms with Gasteiger partial charge < -0.3 is 9.84 Å². The molecule has 3 rings (SSSR count). The Balaban J connectivity index is 1.80. The van der Waals surface area contributed by atoms with Gasteiger partial charge in [-0.05, 0) is 54.7 Å². The summed E-state index contributed by atoms with van der Waals surface area (Å²) in [6, 6.07) is 6.52. The van der Waals surface area contributed by atoms with Crippen molar-refractivity contribution in [2.75, 3.05) is 13.2 Å². The zero-order valence-corrected chi connectivity index (χ0v) is 9.54. The topological polar surface area (TPSA) is 29.5 Å². The highest BCUT2D eigenvalue weighted by Gasteiger charge is 2.41. The number of fused-ring (bicyclic) bond motifs is 1.